The van der Waals surface area contributed by atoms with Gasteiger partial charge in [0.05, 0.1) is 7.11 Å². The van der Waals surface area contributed by atoms with Gasteiger partial charge in [-0.15, -0.1) is 0 Å². The Hall–Kier alpha value is -1.35. The molecule has 1 fully saturated rings. The third kappa shape index (κ3) is 1.95. The van der Waals surface area contributed by atoms with Crippen LogP contribution in [-0.2, 0) is 14.9 Å². The topological polar surface area (TPSA) is 38.3 Å². The zero-order valence-corrected chi connectivity index (χ0v) is 10.7. The average molecular weight is 233 g/mol. The maximum absolute atomic E-state index is 12.1. The minimum absolute atomic E-state index is 0.129. The van der Waals surface area contributed by atoms with Crippen LogP contribution in [0.15, 0.2) is 18.2 Å². The molecule has 1 atom stereocenters. The molecule has 1 aliphatic rings. The molecule has 1 unspecified atom stereocenters. The fourth-order valence-corrected chi connectivity index (χ4v) is 2.65. The lowest BCUT2D eigenvalue weighted by molar-refractivity contribution is -0.146. The van der Waals surface area contributed by atoms with E-state index >= 15 is 0 Å². The van der Waals surface area contributed by atoms with E-state index in [1.54, 1.807) is 0 Å². The molecule has 0 amide bonds. The number of methoxy groups -OCH3 is 1. The second-order valence-corrected chi connectivity index (χ2v) is 4.82. The van der Waals surface area contributed by atoms with Gasteiger partial charge in [-0.1, -0.05) is 23.8 Å². The number of hydrogen-bond acceptors (Lipinski definition) is 3. The van der Waals surface area contributed by atoms with E-state index in [-0.39, 0.29) is 5.97 Å². The van der Waals surface area contributed by atoms with Crippen LogP contribution in [0.25, 0.3) is 0 Å². The van der Waals surface area contributed by atoms with Crippen LogP contribution < -0.4 is 5.32 Å². The Labute approximate surface area is 102 Å². The minimum atomic E-state index is -0.495. The van der Waals surface area contributed by atoms with Gasteiger partial charge < -0.3 is 10.1 Å². The highest BCUT2D eigenvalue weighted by Crippen LogP contribution is 2.34. The molecule has 0 radical (unpaired) electrons. The van der Waals surface area contributed by atoms with E-state index in [0.29, 0.717) is 6.54 Å². The fraction of sp³-hybridized carbons (Fsp3) is 0.500. The largest absolute Gasteiger partial charge is 0.468 e. The number of esters is 1. The van der Waals surface area contributed by atoms with Crippen molar-refractivity contribution in [3.8, 4) is 0 Å². The number of hydrogen-bond donors (Lipinski definition) is 1. The number of carbonyl (C=O) groups is 1. The summed E-state index contributed by atoms with van der Waals surface area (Å²) in [5, 5.41) is 3.27. The summed E-state index contributed by atoms with van der Waals surface area (Å²) in [5.41, 5.74) is 2.95. The van der Waals surface area contributed by atoms with Crippen LogP contribution in [0.5, 0.6) is 0 Å². The van der Waals surface area contributed by atoms with Crippen LogP contribution >= 0.6 is 0 Å². The van der Waals surface area contributed by atoms with Crippen molar-refractivity contribution in [1.82, 2.24) is 5.32 Å². The molecule has 0 aliphatic carbocycles. The maximum atomic E-state index is 12.1. The van der Waals surface area contributed by atoms with E-state index in [1.165, 1.54) is 12.7 Å². The molecule has 17 heavy (non-hydrogen) atoms. The third-order valence-corrected chi connectivity index (χ3v) is 3.64. The van der Waals surface area contributed by atoms with Gasteiger partial charge in [-0.3, -0.25) is 4.79 Å². The van der Waals surface area contributed by atoms with Crippen LogP contribution in [0.3, 0.4) is 0 Å². The highest BCUT2D eigenvalue weighted by Gasteiger charge is 2.44. The van der Waals surface area contributed by atoms with E-state index in [4.69, 9.17) is 4.74 Å². The maximum Gasteiger partial charge on any atom is 0.317 e. The summed E-state index contributed by atoms with van der Waals surface area (Å²) in [6.07, 6.45) is 0.809. The monoisotopic (exact) mass is 233 g/mol. The van der Waals surface area contributed by atoms with Gasteiger partial charge in [-0.05, 0) is 37.9 Å². The molecule has 1 aliphatic heterocycles. The normalized spacial score (nSPS) is 23.7. The number of benzene rings is 1. The first-order chi connectivity index (χ1) is 8.10. The van der Waals surface area contributed by atoms with E-state index in [1.807, 2.05) is 0 Å². The van der Waals surface area contributed by atoms with Crippen LogP contribution in [0.1, 0.15) is 23.1 Å². The van der Waals surface area contributed by atoms with Crippen LogP contribution in [0, 0.1) is 13.8 Å². The van der Waals surface area contributed by atoms with Gasteiger partial charge in [0, 0.05) is 6.54 Å². The fourth-order valence-electron chi connectivity index (χ4n) is 2.65. The summed E-state index contributed by atoms with van der Waals surface area (Å²) < 4.78 is 5.01. The first-order valence-electron chi connectivity index (χ1n) is 5.97. The lowest BCUT2D eigenvalue weighted by Gasteiger charge is -2.27. The zero-order valence-electron chi connectivity index (χ0n) is 10.7. The van der Waals surface area contributed by atoms with Crippen molar-refractivity contribution in [1.29, 1.82) is 0 Å². The predicted octanol–water partition coefficient (Wildman–Crippen LogP) is 1.71. The van der Waals surface area contributed by atoms with Crippen molar-refractivity contribution in [2.24, 2.45) is 0 Å². The Balaban J connectivity index is 2.53. The van der Waals surface area contributed by atoms with Gasteiger partial charge in [0.2, 0.25) is 0 Å². The molecule has 1 heterocycles. The third-order valence-electron chi connectivity index (χ3n) is 3.64. The Morgan fingerprint density at radius 2 is 2.18 bits per heavy atom. The molecule has 0 spiro atoms. The lowest BCUT2D eigenvalue weighted by atomic mass is 9.77. The molecule has 1 aromatic rings. The highest BCUT2D eigenvalue weighted by molar-refractivity contribution is 5.84. The summed E-state index contributed by atoms with van der Waals surface area (Å²) in [6.45, 7) is 5.64. The summed E-state index contributed by atoms with van der Waals surface area (Å²) >= 11 is 0. The molecular weight excluding hydrogens is 214 g/mol. The summed E-state index contributed by atoms with van der Waals surface area (Å²) in [7, 11) is 1.47. The van der Waals surface area contributed by atoms with E-state index in [0.717, 1.165) is 24.1 Å². The molecular formula is C14H19NO2. The molecule has 2 rings (SSSR count). The molecule has 0 aromatic heterocycles. The molecule has 3 heteroatoms. The lowest BCUT2D eigenvalue weighted by Crippen LogP contribution is -2.39. The summed E-state index contributed by atoms with van der Waals surface area (Å²) in [4.78, 5) is 12.1. The Bertz CT molecular complexity index is 434. The molecule has 92 valence electrons. The van der Waals surface area contributed by atoms with Crippen molar-refractivity contribution in [2.45, 2.75) is 25.7 Å². The summed E-state index contributed by atoms with van der Waals surface area (Å²) in [6, 6.07) is 6.26. The van der Waals surface area contributed by atoms with E-state index < -0.39 is 5.41 Å². The smallest absolute Gasteiger partial charge is 0.317 e. The van der Waals surface area contributed by atoms with Crippen molar-refractivity contribution >= 4 is 5.97 Å². The number of rotatable bonds is 2. The SMILES string of the molecule is COC(=O)C1(c2cc(C)ccc2C)CCNC1. The second kappa shape index (κ2) is 4.49. The van der Waals surface area contributed by atoms with Gasteiger partial charge in [-0.2, -0.15) is 0 Å². The first kappa shape index (κ1) is 12.1. The quantitative estimate of drug-likeness (QED) is 0.790. The van der Waals surface area contributed by atoms with Gasteiger partial charge in [0.1, 0.15) is 5.41 Å². The molecule has 3 nitrogen and oxygen atoms in total. The predicted molar refractivity (Wildman–Crippen MR) is 67.1 cm³/mol. The van der Waals surface area contributed by atoms with Crippen molar-refractivity contribution in [3.05, 3.63) is 34.9 Å². The van der Waals surface area contributed by atoms with E-state index in [2.05, 4.69) is 37.4 Å². The Morgan fingerprint density at radius 3 is 2.76 bits per heavy atom. The van der Waals surface area contributed by atoms with Gasteiger partial charge in [0.25, 0.3) is 0 Å². The molecule has 0 bridgehead atoms. The Morgan fingerprint density at radius 1 is 1.41 bits per heavy atom. The summed E-state index contributed by atoms with van der Waals surface area (Å²) in [5.74, 6) is -0.129. The van der Waals surface area contributed by atoms with Gasteiger partial charge in [0.15, 0.2) is 0 Å². The number of ether oxygens (including phenoxy) is 1. The van der Waals surface area contributed by atoms with Crippen molar-refractivity contribution < 1.29 is 9.53 Å². The standard InChI is InChI=1S/C14H19NO2/c1-10-4-5-11(2)12(8-10)14(13(16)17-3)6-7-15-9-14/h4-5,8,15H,6-7,9H2,1-3H3. The number of nitrogens with one attached hydrogen (secondary N) is 1. The number of aryl methyl sites for hydroxylation is 2. The first-order valence-corrected chi connectivity index (χ1v) is 5.97. The van der Waals surface area contributed by atoms with Gasteiger partial charge >= 0.3 is 5.97 Å². The number of carbonyl (C=O) groups excluding carboxylic acids is 1. The molecule has 1 N–H and O–H groups in total. The van der Waals surface area contributed by atoms with Crippen LogP contribution in [-0.4, -0.2) is 26.2 Å². The van der Waals surface area contributed by atoms with Crippen molar-refractivity contribution in [3.63, 3.8) is 0 Å². The van der Waals surface area contributed by atoms with Crippen molar-refractivity contribution in [2.75, 3.05) is 20.2 Å². The molecule has 0 saturated carbocycles. The Kier molecular flexibility index (Phi) is 3.20. The molecule has 1 aromatic carbocycles. The van der Waals surface area contributed by atoms with Crippen LogP contribution in [0.2, 0.25) is 0 Å². The molecule has 1 saturated heterocycles. The van der Waals surface area contributed by atoms with Gasteiger partial charge in [-0.25, -0.2) is 0 Å². The van der Waals surface area contributed by atoms with Crippen LogP contribution in [0.4, 0.5) is 0 Å². The van der Waals surface area contributed by atoms with E-state index in [9.17, 15) is 4.79 Å². The minimum Gasteiger partial charge on any atom is -0.468 e. The highest BCUT2D eigenvalue weighted by atomic mass is 16.5. The zero-order chi connectivity index (χ0) is 12.5. The second-order valence-electron chi connectivity index (χ2n) is 4.82. The average Bonchev–Trinajstić information content (AvgIpc) is 2.81.